The summed E-state index contributed by atoms with van der Waals surface area (Å²) in [5, 5.41) is 7.63. The second kappa shape index (κ2) is 9.56. The van der Waals surface area contributed by atoms with Crippen LogP contribution < -0.4 is 9.62 Å². The van der Waals surface area contributed by atoms with Gasteiger partial charge in [0.25, 0.3) is 0 Å². The van der Waals surface area contributed by atoms with Crippen LogP contribution in [0.4, 0.5) is 24.5 Å². The zero-order chi connectivity index (χ0) is 19.7. The molecule has 2 aromatic rings. The molecule has 0 unspecified atom stereocenters. The summed E-state index contributed by atoms with van der Waals surface area (Å²) in [5.41, 5.74) is 0.293. The topological polar surface area (TPSA) is 69.5 Å². The van der Waals surface area contributed by atoms with Crippen LogP contribution in [0.5, 0.6) is 11.5 Å². The van der Waals surface area contributed by atoms with Gasteiger partial charge in [-0.2, -0.15) is 5.11 Å². The lowest BCUT2D eigenvalue weighted by Gasteiger charge is -2.09. The van der Waals surface area contributed by atoms with Crippen LogP contribution in [0.15, 0.2) is 58.8 Å². The van der Waals surface area contributed by atoms with Crippen molar-refractivity contribution in [3.63, 3.8) is 0 Å². The van der Waals surface area contributed by atoms with Crippen molar-refractivity contribution in [3.05, 3.63) is 48.5 Å². The first kappa shape index (κ1) is 20.2. The summed E-state index contributed by atoms with van der Waals surface area (Å²) in [4.78, 5) is 20.9. The first-order valence-corrected chi connectivity index (χ1v) is 8.11. The van der Waals surface area contributed by atoms with E-state index in [-0.39, 0.29) is 17.9 Å². The quantitative estimate of drug-likeness (QED) is 0.318. The molecule has 0 saturated carbocycles. The van der Waals surface area contributed by atoms with E-state index in [1.54, 1.807) is 0 Å². The number of unbranched alkanes of at least 4 members (excludes halogenated alkanes) is 1. The van der Waals surface area contributed by atoms with E-state index in [4.69, 9.17) is 4.89 Å². The van der Waals surface area contributed by atoms with Crippen LogP contribution in [0.2, 0.25) is 0 Å². The second-order valence-electron chi connectivity index (χ2n) is 5.35. The number of ether oxygens (including phenoxy) is 1. The van der Waals surface area contributed by atoms with E-state index in [2.05, 4.69) is 19.9 Å². The molecule has 0 fully saturated rings. The Bertz CT molecular complexity index is 777. The molecular weight excluding hydrogens is 365 g/mol. The minimum Gasteiger partial charge on any atom is -0.403 e. The highest BCUT2D eigenvalue weighted by molar-refractivity contribution is 5.68. The van der Waals surface area contributed by atoms with E-state index in [0.29, 0.717) is 12.1 Å². The van der Waals surface area contributed by atoms with Gasteiger partial charge >= 0.3 is 12.3 Å². The summed E-state index contributed by atoms with van der Waals surface area (Å²) in [6.07, 6.45) is -2.98. The number of rotatable bonds is 8. The van der Waals surface area contributed by atoms with Gasteiger partial charge in [0.1, 0.15) is 5.69 Å². The van der Waals surface area contributed by atoms with Crippen molar-refractivity contribution in [1.82, 2.24) is 0 Å². The van der Waals surface area contributed by atoms with Gasteiger partial charge in [0, 0.05) is 0 Å². The molecule has 27 heavy (non-hydrogen) atoms. The Labute approximate surface area is 153 Å². The van der Waals surface area contributed by atoms with Gasteiger partial charge in [-0.3, -0.25) is 9.78 Å². The van der Waals surface area contributed by atoms with E-state index in [1.807, 2.05) is 6.92 Å². The zero-order valence-corrected chi connectivity index (χ0v) is 14.4. The third-order valence-corrected chi connectivity index (χ3v) is 3.17. The van der Waals surface area contributed by atoms with Crippen molar-refractivity contribution in [2.24, 2.45) is 10.2 Å². The van der Waals surface area contributed by atoms with Gasteiger partial charge in [-0.1, -0.05) is 25.5 Å². The lowest BCUT2D eigenvalue weighted by Crippen LogP contribution is -2.17. The Morgan fingerprint density at radius 1 is 1.04 bits per heavy atom. The predicted molar refractivity (Wildman–Crippen MR) is 90.0 cm³/mol. The molecule has 144 valence electrons. The number of benzene rings is 2. The van der Waals surface area contributed by atoms with Crippen LogP contribution in [0.3, 0.4) is 0 Å². The molecule has 0 N–H and O–H groups in total. The Hall–Kier alpha value is -3.10. The van der Waals surface area contributed by atoms with Gasteiger partial charge in [-0.25, -0.2) is 4.79 Å². The van der Waals surface area contributed by atoms with Crippen LogP contribution in [-0.4, -0.2) is 12.3 Å². The molecule has 0 bridgehead atoms. The average Bonchev–Trinajstić information content (AvgIpc) is 2.63. The van der Waals surface area contributed by atoms with E-state index in [1.165, 1.54) is 42.5 Å². The molecule has 9 heteroatoms. The number of nitrogens with zero attached hydrogens (tertiary/aromatic N) is 2. The summed E-state index contributed by atoms with van der Waals surface area (Å²) in [6.45, 7) is 1.95. The van der Waals surface area contributed by atoms with E-state index < -0.39 is 18.1 Å². The average molecular weight is 382 g/mol. The van der Waals surface area contributed by atoms with Crippen molar-refractivity contribution in [3.8, 4) is 11.5 Å². The highest BCUT2D eigenvalue weighted by atomic mass is 19.4. The molecule has 0 amide bonds. The van der Waals surface area contributed by atoms with Crippen LogP contribution >= 0.6 is 0 Å². The third kappa shape index (κ3) is 7.35. The van der Waals surface area contributed by atoms with Crippen molar-refractivity contribution < 1.29 is 32.5 Å². The van der Waals surface area contributed by atoms with Crippen molar-refractivity contribution >= 4 is 17.3 Å². The number of hydrogen-bond acceptors (Lipinski definition) is 6. The molecule has 0 radical (unpaired) electrons. The smallest absolute Gasteiger partial charge is 0.403 e. The van der Waals surface area contributed by atoms with Crippen LogP contribution in [-0.2, 0) is 9.68 Å². The first-order chi connectivity index (χ1) is 12.9. The van der Waals surface area contributed by atoms with E-state index >= 15 is 0 Å². The Morgan fingerprint density at radius 3 is 2.41 bits per heavy atom. The van der Waals surface area contributed by atoms with Gasteiger partial charge in [0.15, 0.2) is 11.5 Å². The molecular formula is C18H17F3N2O4. The summed E-state index contributed by atoms with van der Waals surface area (Å²) < 4.78 is 41.0. The highest BCUT2D eigenvalue weighted by Gasteiger charge is 2.32. The minimum atomic E-state index is -4.82. The first-order valence-electron chi connectivity index (χ1n) is 8.11. The van der Waals surface area contributed by atoms with Crippen LogP contribution in [0, 0.1) is 0 Å². The van der Waals surface area contributed by atoms with Crippen molar-refractivity contribution in [1.29, 1.82) is 0 Å². The molecule has 0 heterocycles. The third-order valence-electron chi connectivity index (χ3n) is 3.17. The molecule has 6 nitrogen and oxygen atoms in total. The van der Waals surface area contributed by atoms with Gasteiger partial charge in [0.05, 0.1) is 12.1 Å². The van der Waals surface area contributed by atoms with Crippen LogP contribution in [0.25, 0.3) is 0 Å². The summed E-state index contributed by atoms with van der Waals surface area (Å²) in [5.74, 6) is -0.644. The SMILES string of the molecule is CCCCC(=O)OOc1ccc(N=Nc2ccccc2OC(F)(F)F)cc1. The van der Waals surface area contributed by atoms with Gasteiger partial charge in [-0.15, -0.1) is 18.3 Å². The standard InChI is InChI=1S/C18H17F3N2O4/c1-2-3-8-17(24)27-26-14-11-9-13(10-12-14)22-23-15-6-4-5-7-16(15)25-18(19,20)21/h4-7,9-12H,2-3,8H2,1H3. The molecule has 2 rings (SSSR count). The number of alkyl halides is 3. The molecule has 0 aromatic heterocycles. The summed E-state index contributed by atoms with van der Waals surface area (Å²) in [7, 11) is 0. The molecule has 2 aromatic carbocycles. The maximum Gasteiger partial charge on any atom is 0.573 e. The van der Waals surface area contributed by atoms with Crippen molar-refractivity contribution in [2.75, 3.05) is 0 Å². The molecule has 0 saturated heterocycles. The summed E-state index contributed by atoms with van der Waals surface area (Å²) in [6, 6.07) is 11.4. The van der Waals surface area contributed by atoms with Crippen LogP contribution in [0.1, 0.15) is 26.2 Å². The summed E-state index contributed by atoms with van der Waals surface area (Å²) >= 11 is 0. The molecule has 0 spiro atoms. The predicted octanol–water partition coefficient (Wildman–Crippen LogP) is 6.03. The normalized spacial score (nSPS) is 11.4. The fraction of sp³-hybridized carbons (Fsp3) is 0.278. The number of hydrogen-bond donors (Lipinski definition) is 0. The number of para-hydroxylation sites is 1. The second-order valence-corrected chi connectivity index (χ2v) is 5.35. The van der Waals surface area contributed by atoms with E-state index in [0.717, 1.165) is 12.5 Å². The fourth-order valence-electron chi connectivity index (χ4n) is 1.89. The maximum atomic E-state index is 12.4. The zero-order valence-electron chi connectivity index (χ0n) is 14.4. The Kier molecular flexibility index (Phi) is 7.16. The molecule has 0 aliphatic heterocycles. The monoisotopic (exact) mass is 382 g/mol. The molecule has 0 aliphatic carbocycles. The number of carbonyl (C=O) groups is 1. The lowest BCUT2D eigenvalue weighted by molar-refractivity contribution is -0.274. The number of carbonyl (C=O) groups excluding carboxylic acids is 1. The Morgan fingerprint density at radius 2 is 1.74 bits per heavy atom. The van der Waals surface area contributed by atoms with Gasteiger partial charge in [0.2, 0.25) is 0 Å². The van der Waals surface area contributed by atoms with Gasteiger partial charge < -0.3 is 4.74 Å². The van der Waals surface area contributed by atoms with Gasteiger partial charge in [-0.05, 0) is 42.8 Å². The molecule has 0 aliphatic rings. The maximum absolute atomic E-state index is 12.4. The lowest BCUT2D eigenvalue weighted by atomic mass is 10.3. The fourth-order valence-corrected chi connectivity index (χ4v) is 1.89. The largest absolute Gasteiger partial charge is 0.573 e. The van der Waals surface area contributed by atoms with E-state index in [9.17, 15) is 18.0 Å². The van der Waals surface area contributed by atoms with Crippen molar-refractivity contribution in [2.45, 2.75) is 32.5 Å². The Balaban J connectivity index is 1.97. The molecule has 0 atom stereocenters. The highest BCUT2D eigenvalue weighted by Crippen LogP contribution is 2.33. The number of halogens is 3. The number of azo groups is 1. The minimum absolute atomic E-state index is 0.0694.